The molecule has 0 saturated carbocycles. The molecule has 3 rings (SSSR count). The molecule has 3 fully saturated rings. The van der Waals surface area contributed by atoms with Gasteiger partial charge in [0.05, 0.1) is 17.5 Å². The minimum atomic E-state index is -1.37. The number of thioether (sulfide) groups is 1. The Hall–Kier alpha value is -0.130. The van der Waals surface area contributed by atoms with E-state index in [0.717, 1.165) is 44.8 Å². The number of carbonyl (C=O) groups excluding carboxylic acids is 1. The van der Waals surface area contributed by atoms with Gasteiger partial charge >= 0.3 is 0 Å². The Morgan fingerprint density at radius 3 is 2.38 bits per heavy atom. The molecular formula is C22H40ClN3O5S. The number of likely N-dealkylation sites (tertiary alicyclic amines) is 1. The van der Waals surface area contributed by atoms with Crippen LogP contribution in [0.2, 0.25) is 0 Å². The van der Waals surface area contributed by atoms with Crippen LogP contribution in [-0.2, 0) is 9.53 Å². The van der Waals surface area contributed by atoms with E-state index in [1.54, 1.807) is 13.2 Å². The van der Waals surface area contributed by atoms with Crippen molar-refractivity contribution in [3.8, 4) is 0 Å². The molecule has 10 heteroatoms. The minimum Gasteiger partial charge on any atom is -0.388 e. The highest BCUT2D eigenvalue weighted by Gasteiger charge is 2.48. The van der Waals surface area contributed by atoms with Crippen molar-refractivity contribution >= 4 is 29.3 Å². The summed E-state index contributed by atoms with van der Waals surface area (Å²) in [7, 11) is 2.17. The van der Waals surface area contributed by atoms with Crippen LogP contribution in [0.5, 0.6) is 0 Å². The Kier molecular flexibility index (Phi) is 9.94. The summed E-state index contributed by atoms with van der Waals surface area (Å²) in [4.78, 5) is 15.5. The standard InChI is InChI=1S/C22H40ClN3O5S/c1-12(23)16(20-18(28)17(27)19(29)22(31-20)32-3)25-21(30)15-5-4-13(6-9-24-15)14-7-10-26(2)11-8-14/h12-20,22,24,27-29H,4-11H2,1-3H3,(H,25,30)/t12-,13-,15-,16+,17?,18?,19+,20+,22?/m0/s1. The van der Waals surface area contributed by atoms with E-state index in [1.807, 2.05) is 0 Å². The number of hydrogen-bond acceptors (Lipinski definition) is 8. The number of aliphatic hydroxyl groups excluding tert-OH is 3. The van der Waals surface area contributed by atoms with Gasteiger partial charge in [0.25, 0.3) is 0 Å². The van der Waals surface area contributed by atoms with Crippen molar-refractivity contribution in [3.63, 3.8) is 0 Å². The molecule has 3 heterocycles. The maximum atomic E-state index is 13.1. The summed E-state index contributed by atoms with van der Waals surface area (Å²) in [6.45, 7) is 4.83. The summed E-state index contributed by atoms with van der Waals surface area (Å²) in [5.74, 6) is 1.20. The van der Waals surface area contributed by atoms with E-state index in [-0.39, 0.29) is 11.9 Å². The number of ether oxygens (including phenoxy) is 1. The topological polar surface area (TPSA) is 114 Å². The smallest absolute Gasteiger partial charge is 0.237 e. The SMILES string of the molecule is CSC1O[C@H]([C@H](NC(=O)[C@@H]2CC[C@H](C3CCN(C)CC3)CCN2)[C@H](C)Cl)C(O)C(O)[C@H]1O. The Morgan fingerprint density at radius 2 is 1.75 bits per heavy atom. The fraction of sp³-hybridized carbons (Fsp3) is 0.955. The van der Waals surface area contributed by atoms with Crippen molar-refractivity contribution in [1.82, 2.24) is 15.5 Å². The number of nitrogens with zero attached hydrogens (tertiary/aromatic N) is 1. The first-order valence-corrected chi connectivity index (χ1v) is 13.5. The molecule has 5 N–H and O–H groups in total. The van der Waals surface area contributed by atoms with E-state index in [4.69, 9.17) is 16.3 Å². The molecule has 0 aromatic rings. The van der Waals surface area contributed by atoms with Crippen molar-refractivity contribution < 1.29 is 24.9 Å². The Morgan fingerprint density at radius 1 is 1.09 bits per heavy atom. The Labute approximate surface area is 200 Å². The van der Waals surface area contributed by atoms with Crippen molar-refractivity contribution in [2.75, 3.05) is 32.9 Å². The second-order valence-corrected chi connectivity index (χ2v) is 11.3. The molecule has 0 spiro atoms. The summed E-state index contributed by atoms with van der Waals surface area (Å²) < 4.78 is 5.85. The number of aliphatic hydroxyl groups is 3. The van der Waals surface area contributed by atoms with Gasteiger partial charge in [-0.15, -0.1) is 23.4 Å². The maximum absolute atomic E-state index is 13.1. The van der Waals surface area contributed by atoms with Gasteiger partial charge < -0.3 is 35.6 Å². The number of rotatable bonds is 6. The minimum absolute atomic E-state index is 0.163. The summed E-state index contributed by atoms with van der Waals surface area (Å²) in [5.41, 5.74) is -0.709. The van der Waals surface area contributed by atoms with Gasteiger partial charge in [-0.1, -0.05) is 0 Å². The lowest BCUT2D eigenvalue weighted by atomic mass is 9.80. The average Bonchev–Trinajstić information content (AvgIpc) is 3.03. The highest BCUT2D eigenvalue weighted by molar-refractivity contribution is 7.99. The molecule has 9 atom stereocenters. The van der Waals surface area contributed by atoms with E-state index < -0.39 is 41.3 Å². The molecule has 0 bridgehead atoms. The van der Waals surface area contributed by atoms with Gasteiger partial charge in [-0.05, 0) is 83.8 Å². The van der Waals surface area contributed by atoms with Gasteiger partial charge in [0.2, 0.25) is 5.91 Å². The predicted molar refractivity (Wildman–Crippen MR) is 127 cm³/mol. The predicted octanol–water partition coefficient (Wildman–Crippen LogP) is 0.369. The third kappa shape index (κ3) is 6.30. The van der Waals surface area contributed by atoms with Gasteiger partial charge in [-0.3, -0.25) is 4.79 Å². The van der Waals surface area contributed by atoms with Gasteiger partial charge in [0.15, 0.2) is 0 Å². The quantitative estimate of drug-likeness (QED) is 0.337. The molecule has 32 heavy (non-hydrogen) atoms. The van der Waals surface area contributed by atoms with Gasteiger partial charge in [-0.2, -0.15) is 0 Å². The molecule has 1 amide bonds. The number of piperidine rings is 1. The number of halogens is 1. The first-order valence-electron chi connectivity index (χ1n) is 11.8. The summed E-state index contributed by atoms with van der Waals surface area (Å²) >= 11 is 7.63. The molecular weight excluding hydrogens is 454 g/mol. The van der Waals surface area contributed by atoms with E-state index >= 15 is 0 Å². The molecule has 0 aromatic heterocycles. The lowest BCUT2D eigenvalue weighted by molar-refractivity contribution is -0.205. The number of amides is 1. The zero-order valence-corrected chi connectivity index (χ0v) is 20.9. The second-order valence-electron chi connectivity index (χ2n) is 9.66. The highest BCUT2D eigenvalue weighted by atomic mass is 35.5. The summed E-state index contributed by atoms with van der Waals surface area (Å²) in [5, 5.41) is 36.7. The molecule has 3 aliphatic rings. The van der Waals surface area contributed by atoms with Crippen LogP contribution in [0.4, 0.5) is 0 Å². The fourth-order valence-corrected chi connectivity index (χ4v) is 6.24. The van der Waals surface area contributed by atoms with Crippen LogP contribution in [0.25, 0.3) is 0 Å². The lowest BCUT2D eigenvalue weighted by Crippen LogP contribution is -2.65. The first-order chi connectivity index (χ1) is 15.2. The highest BCUT2D eigenvalue weighted by Crippen LogP contribution is 2.33. The molecule has 0 radical (unpaired) electrons. The van der Waals surface area contributed by atoms with Gasteiger partial charge in [0, 0.05) is 0 Å². The first kappa shape index (κ1) is 26.5. The Balaban J connectivity index is 1.60. The third-order valence-corrected chi connectivity index (χ3v) is 8.60. The van der Waals surface area contributed by atoms with Crippen molar-refractivity contribution in [1.29, 1.82) is 0 Å². The van der Waals surface area contributed by atoms with Crippen molar-refractivity contribution in [3.05, 3.63) is 0 Å². The molecule has 3 unspecified atom stereocenters. The van der Waals surface area contributed by atoms with Crippen LogP contribution in [0.1, 0.15) is 39.0 Å². The van der Waals surface area contributed by atoms with Crippen LogP contribution < -0.4 is 10.6 Å². The van der Waals surface area contributed by atoms with E-state index in [2.05, 4.69) is 22.6 Å². The van der Waals surface area contributed by atoms with Gasteiger partial charge in [0.1, 0.15) is 29.9 Å². The molecule has 8 nitrogen and oxygen atoms in total. The molecule has 0 aliphatic carbocycles. The number of alkyl halides is 1. The largest absolute Gasteiger partial charge is 0.388 e. The van der Waals surface area contributed by atoms with Crippen LogP contribution in [0.3, 0.4) is 0 Å². The van der Waals surface area contributed by atoms with Crippen LogP contribution in [-0.4, -0.2) is 106 Å². The molecule has 0 aromatic carbocycles. The Bertz CT molecular complexity index is 608. The number of carbonyl (C=O) groups is 1. The van der Waals surface area contributed by atoms with E-state index in [9.17, 15) is 20.1 Å². The normalized spacial score (nSPS) is 39.8. The van der Waals surface area contributed by atoms with Crippen molar-refractivity contribution in [2.45, 2.75) is 86.3 Å². The maximum Gasteiger partial charge on any atom is 0.237 e. The van der Waals surface area contributed by atoms with Crippen molar-refractivity contribution in [2.24, 2.45) is 11.8 Å². The van der Waals surface area contributed by atoms with Crippen LogP contribution >= 0.6 is 23.4 Å². The monoisotopic (exact) mass is 493 g/mol. The molecule has 3 aliphatic heterocycles. The fourth-order valence-electron chi connectivity index (χ4n) is 5.35. The zero-order valence-electron chi connectivity index (χ0n) is 19.3. The lowest BCUT2D eigenvalue weighted by Gasteiger charge is -2.44. The second kappa shape index (κ2) is 12.0. The molecule has 186 valence electrons. The summed E-state index contributed by atoms with van der Waals surface area (Å²) in [6, 6.07) is -1.03. The average molecular weight is 494 g/mol. The zero-order chi connectivity index (χ0) is 23.4. The van der Waals surface area contributed by atoms with Crippen LogP contribution in [0, 0.1) is 11.8 Å². The number of nitrogens with one attached hydrogen (secondary N) is 2. The summed E-state index contributed by atoms with van der Waals surface area (Å²) in [6.07, 6.45) is 2.22. The van der Waals surface area contributed by atoms with Gasteiger partial charge in [-0.25, -0.2) is 0 Å². The third-order valence-electron chi connectivity index (χ3n) is 7.47. The van der Waals surface area contributed by atoms with E-state index in [1.165, 1.54) is 24.6 Å². The van der Waals surface area contributed by atoms with E-state index in [0.29, 0.717) is 5.92 Å². The molecule has 3 saturated heterocycles. The van der Waals surface area contributed by atoms with Crippen LogP contribution in [0.15, 0.2) is 0 Å². The number of hydrogen-bond donors (Lipinski definition) is 5.